The largest absolute Gasteiger partial charge is 0.389 e. The molecule has 0 saturated carbocycles. The number of anilines is 3. The highest BCUT2D eigenvalue weighted by atomic mass is 32.2. The highest BCUT2D eigenvalue weighted by Gasteiger charge is 2.45. The van der Waals surface area contributed by atoms with E-state index in [0.717, 1.165) is 4.90 Å². The fourth-order valence-corrected chi connectivity index (χ4v) is 7.24. The SMILES string of the molecule is CC(C)(O)Cn1cc(-c2nc(Nc3ccc(S(=O)(=O)NCCCCCNc4cccc5c4C(=O)N(C4CCC(=O)NC4=O)C5=O)cc3)ncc2C#N)cn1. The summed E-state index contributed by atoms with van der Waals surface area (Å²) in [6.45, 7) is 4.22. The van der Waals surface area contributed by atoms with Crippen molar-refractivity contribution in [1.29, 1.82) is 5.26 Å². The van der Waals surface area contributed by atoms with E-state index in [1.54, 1.807) is 55.2 Å². The maximum atomic E-state index is 13.3. The van der Waals surface area contributed by atoms with Crippen LogP contribution in [0.3, 0.4) is 0 Å². The van der Waals surface area contributed by atoms with E-state index in [9.17, 15) is 38.0 Å². The van der Waals surface area contributed by atoms with Crippen LogP contribution in [0.4, 0.5) is 17.3 Å². The van der Waals surface area contributed by atoms with E-state index in [0.29, 0.717) is 48.4 Å². The number of piperidine rings is 1. The van der Waals surface area contributed by atoms with Crippen molar-refractivity contribution in [2.24, 2.45) is 0 Å². The summed E-state index contributed by atoms with van der Waals surface area (Å²) in [4.78, 5) is 59.9. The molecule has 4 amide bonds. The summed E-state index contributed by atoms with van der Waals surface area (Å²) in [6, 6.07) is 11.9. The molecule has 1 fully saturated rings. The molecular weight excluding hydrogens is 717 g/mol. The normalized spacial score (nSPS) is 15.9. The van der Waals surface area contributed by atoms with Gasteiger partial charge in [-0.2, -0.15) is 10.4 Å². The number of carbonyl (C=O) groups excluding carboxylic acids is 4. The molecule has 2 aliphatic heterocycles. The standard InChI is InChI=1S/C36H38N10O7S/c1-36(2,51)21-45-20-23(19-40-45)31-22(17-37)18-39-35(44-31)42-24-9-11-25(12-10-24)54(52,53)41-16-5-3-4-15-38-27-8-6-7-26-30(27)34(50)46(33(26)49)28-13-14-29(47)43-32(28)48/h6-12,18-20,28,38,41,51H,3-5,13-16,21H2,1-2H3,(H,39,42,44)(H,43,47,48). The number of imide groups is 2. The molecule has 0 aliphatic carbocycles. The van der Waals surface area contributed by atoms with Gasteiger partial charge in [0.05, 0.1) is 51.8 Å². The molecule has 0 spiro atoms. The Morgan fingerprint density at radius 3 is 2.50 bits per heavy atom. The molecular formula is C36H38N10O7S. The highest BCUT2D eigenvalue weighted by Crippen LogP contribution is 2.32. The van der Waals surface area contributed by atoms with Gasteiger partial charge < -0.3 is 15.7 Å². The number of sulfonamides is 1. The second kappa shape index (κ2) is 15.5. The average Bonchev–Trinajstić information content (AvgIpc) is 3.68. The molecule has 4 heterocycles. The number of amides is 4. The Labute approximate surface area is 310 Å². The zero-order valence-corrected chi connectivity index (χ0v) is 30.3. The van der Waals surface area contributed by atoms with E-state index in [1.807, 2.05) is 0 Å². The molecule has 54 heavy (non-hydrogen) atoms. The van der Waals surface area contributed by atoms with Gasteiger partial charge in [-0.15, -0.1) is 0 Å². The van der Waals surface area contributed by atoms with Crippen molar-refractivity contribution in [3.05, 3.63) is 77.7 Å². The highest BCUT2D eigenvalue weighted by molar-refractivity contribution is 7.89. The number of aromatic nitrogens is 4. The quantitative estimate of drug-likeness (QED) is 0.0867. The monoisotopic (exact) mass is 754 g/mol. The molecule has 5 N–H and O–H groups in total. The molecule has 280 valence electrons. The van der Waals surface area contributed by atoms with Gasteiger partial charge in [0.25, 0.3) is 11.8 Å². The third-order valence-corrected chi connectivity index (χ3v) is 10.2. The van der Waals surface area contributed by atoms with Crippen molar-refractivity contribution in [1.82, 2.24) is 34.7 Å². The number of rotatable bonds is 15. The Hall–Kier alpha value is -6.03. The molecule has 1 unspecified atom stereocenters. The minimum atomic E-state index is -3.80. The molecule has 1 saturated heterocycles. The van der Waals surface area contributed by atoms with E-state index >= 15 is 0 Å². The van der Waals surface area contributed by atoms with Crippen molar-refractivity contribution >= 4 is 51.0 Å². The van der Waals surface area contributed by atoms with Gasteiger partial charge in [-0.25, -0.2) is 23.1 Å². The lowest BCUT2D eigenvalue weighted by Gasteiger charge is -2.27. The van der Waals surface area contributed by atoms with Crippen LogP contribution in [0.1, 0.15) is 72.2 Å². The summed E-state index contributed by atoms with van der Waals surface area (Å²) in [5.41, 5.74) is 1.52. The first-order valence-corrected chi connectivity index (χ1v) is 18.7. The van der Waals surface area contributed by atoms with Crippen LogP contribution in [0.15, 0.2) is 66.0 Å². The summed E-state index contributed by atoms with van der Waals surface area (Å²) in [7, 11) is -3.80. The number of carbonyl (C=O) groups is 4. The lowest BCUT2D eigenvalue weighted by molar-refractivity contribution is -0.136. The van der Waals surface area contributed by atoms with E-state index in [-0.39, 0.29) is 53.5 Å². The molecule has 0 radical (unpaired) electrons. The zero-order valence-electron chi connectivity index (χ0n) is 29.5. The average molecular weight is 755 g/mol. The molecule has 2 aromatic carbocycles. The van der Waals surface area contributed by atoms with Crippen molar-refractivity contribution in [2.75, 3.05) is 23.7 Å². The number of nitrogens with zero attached hydrogens (tertiary/aromatic N) is 6. The first-order chi connectivity index (χ1) is 25.7. The van der Waals surface area contributed by atoms with Crippen LogP contribution < -0.4 is 20.7 Å². The van der Waals surface area contributed by atoms with Gasteiger partial charge in [0.15, 0.2) is 0 Å². The first-order valence-electron chi connectivity index (χ1n) is 17.2. The number of aliphatic hydroxyl groups is 1. The van der Waals surface area contributed by atoms with Gasteiger partial charge in [0.2, 0.25) is 27.8 Å². The van der Waals surface area contributed by atoms with Crippen molar-refractivity contribution in [3.8, 4) is 17.3 Å². The third kappa shape index (κ3) is 8.44. The van der Waals surface area contributed by atoms with E-state index < -0.39 is 45.3 Å². The topological polar surface area (TPSA) is 241 Å². The summed E-state index contributed by atoms with van der Waals surface area (Å²) in [5.74, 6) is -2.09. The number of fused-ring (bicyclic) bond motifs is 1. The van der Waals surface area contributed by atoms with Crippen LogP contribution in [-0.4, -0.2) is 86.5 Å². The first kappa shape index (κ1) is 37.7. The van der Waals surface area contributed by atoms with Crippen LogP contribution in [0.2, 0.25) is 0 Å². The Bertz CT molecular complexity index is 2260. The molecule has 1 atom stereocenters. The fraction of sp³-hybridized carbons (Fsp3) is 0.333. The van der Waals surface area contributed by atoms with Gasteiger partial charge in [0.1, 0.15) is 12.1 Å². The van der Waals surface area contributed by atoms with E-state index in [1.165, 1.54) is 24.4 Å². The van der Waals surface area contributed by atoms with Crippen LogP contribution in [0.5, 0.6) is 0 Å². The lowest BCUT2D eigenvalue weighted by Crippen LogP contribution is -2.54. The molecule has 6 rings (SSSR count). The number of hydrogen-bond donors (Lipinski definition) is 5. The number of nitriles is 1. The summed E-state index contributed by atoms with van der Waals surface area (Å²) < 4.78 is 30.1. The van der Waals surface area contributed by atoms with E-state index in [2.05, 4.69) is 41.8 Å². The molecule has 2 aliphatic rings. The van der Waals surface area contributed by atoms with Crippen molar-refractivity contribution in [2.45, 2.75) is 69.0 Å². The number of benzene rings is 2. The zero-order chi connectivity index (χ0) is 38.6. The Balaban J connectivity index is 0.971. The van der Waals surface area contributed by atoms with Gasteiger partial charge >= 0.3 is 0 Å². The van der Waals surface area contributed by atoms with Crippen LogP contribution in [0, 0.1) is 11.3 Å². The minimum Gasteiger partial charge on any atom is -0.389 e. The Kier molecular flexibility index (Phi) is 10.8. The summed E-state index contributed by atoms with van der Waals surface area (Å²) >= 11 is 0. The molecule has 0 bridgehead atoms. The lowest BCUT2D eigenvalue weighted by atomic mass is 10.0. The summed E-state index contributed by atoms with van der Waals surface area (Å²) in [6.07, 6.45) is 6.57. The Morgan fingerprint density at radius 1 is 1.02 bits per heavy atom. The molecule has 4 aromatic rings. The summed E-state index contributed by atoms with van der Waals surface area (Å²) in [5, 5.41) is 32.3. The predicted molar refractivity (Wildman–Crippen MR) is 195 cm³/mol. The van der Waals surface area contributed by atoms with Crippen molar-refractivity contribution in [3.63, 3.8) is 0 Å². The van der Waals surface area contributed by atoms with Gasteiger partial charge in [-0.05, 0) is 69.5 Å². The third-order valence-electron chi connectivity index (χ3n) is 8.71. The van der Waals surface area contributed by atoms with Crippen molar-refractivity contribution < 1.29 is 32.7 Å². The minimum absolute atomic E-state index is 0.0369. The second-order valence-corrected chi connectivity index (χ2v) is 15.3. The molecule has 2 aromatic heterocycles. The van der Waals surface area contributed by atoms with Gasteiger partial charge in [0, 0.05) is 42.6 Å². The number of hydrogen-bond acceptors (Lipinski definition) is 13. The van der Waals surface area contributed by atoms with E-state index in [4.69, 9.17) is 0 Å². The number of nitrogens with one attached hydrogen (secondary N) is 4. The maximum Gasteiger partial charge on any atom is 0.264 e. The van der Waals surface area contributed by atoms with Crippen LogP contribution in [-0.2, 0) is 26.2 Å². The Morgan fingerprint density at radius 2 is 1.78 bits per heavy atom. The molecule has 18 heteroatoms. The van der Waals surface area contributed by atoms with Crippen LogP contribution in [0.25, 0.3) is 11.3 Å². The van der Waals surface area contributed by atoms with Gasteiger partial charge in [-0.3, -0.25) is 34.1 Å². The molecule has 17 nitrogen and oxygen atoms in total. The number of unbranched alkanes of at least 4 members (excludes halogenated alkanes) is 2. The van der Waals surface area contributed by atoms with Crippen LogP contribution >= 0.6 is 0 Å². The maximum absolute atomic E-state index is 13.3. The smallest absolute Gasteiger partial charge is 0.264 e. The predicted octanol–water partition coefficient (Wildman–Crippen LogP) is 2.69. The second-order valence-electron chi connectivity index (χ2n) is 13.5. The fourth-order valence-electron chi connectivity index (χ4n) is 6.16. The van der Waals surface area contributed by atoms with Gasteiger partial charge in [-0.1, -0.05) is 12.5 Å².